The van der Waals surface area contributed by atoms with Gasteiger partial charge < -0.3 is 16.0 Å². The Hall–Kier alpha value is -2.96. The van der Waals surface area contributed by atoms with E-state index in [-0.39, 0.29) is 30.2 Å². The molecule has 1 fully saturated rings. The number of rotatable bonds is 7. The van der Waals surface area contributed by atoms with Gasteiger partial charge in [-0.3, -0.25) is 9.59 Å². The quantitative estimate of drug-likeness (QED) is 0.502. The molecule has 0 spiro atoms. The van der Waals surface area contributed by atoms with Crippen LogP contribution in [0.25, 0.3) is 0 Å². The van der Waals surface area contributed by atoms with Crippen molar-refractivity contribution >= 4 is 21.8 Å². The second kappa shape index (κ2) is 11.4. The van der Waals surface area contributed by atoms with Gasteiger partial charge in [-0.05, 0) is 81.3 Å². The molecule has 224 valence electrons. The van der Waals surface area contributed by atoms with Crippen LogP contribution in [0.15, 0.2) is 41.3 Å². The summed E-state index contributed by atoms with van der Waals surface area (Å²) in [7, 11) is -4.56. The molecular weight excluding hydrogens is 557 g/mol. The average molecular weight is 595 g/mol. The van der Waals surface area contributed by atoms with Gasteiger partial charge in [-0.25, -0.2) is 8.42 Å². The fraction of sp³-hybridized carbons (Fsp3) is 0.517. The fourth-order valence-electron chi connectivity index (χ4n) is 5.61. The number of amides is 2. The van der Waals surface area contributed by atoms with Crippen LogP contribution < -0.4 is 11.1 Å². The molecule has 1 unspecified atom stereocenters. The largest absolute Gasteiger partial charge is 0.416 e. The molecule has 8 nitrogen and oxygen atoms in total. The Bertz CT molecular complexity index is 1440. The molecule has 0 radical (unpaired) electrons. The van der Waals surface area contributed by atoms with Crippen LogP contribution in [0.2, 0.25) is 0 Å². The molecule has 2 aromatic rings. The summed E-state index contributed by atoms with van der Waals surface area (Å²) in [5.74, 6) is -1.47. The number of carbonyl (C=O) groups excluding carboxylic acids is 2. The summed E-state index contributed by atoms with van der Waals surface area (Å²) in [4.78, 5) is 26.8. The fourth-order valence-corrected chi connectivity index (χ4v) is 7.21. The maximum Gasteiger partial charge on any atom is 0.416 e. The molecule has 1 heterocycles. The molecule has 3 N–H and O–H groups in total. The van der Waals surface area contributed by atoms with E-state index < -0.39 is 50.9 Å². The van der Waals surface area contributed by atoms with Crippen molar-refractivity contribution in [3.63, 3.8) is 0 Å². The van der Waals surface area contributed by atoms with Crippen molar-refractivity contribution in [1.29, 1.82) is 0 Å². The van der Waals surface area contributed by atoms with E-state index in [0.29, 0.717) is 19.0 Å². The zero-order valence-corrected chi connectivity index (χ0v) is 24.5. The first-order valence-corrected chi connectivity index (χ1v) is 15.1. The number of nitrogens with zero attached hydrogens (tertiary/aromatic N) is 2. The number of alkyl halides is 3. The number of primary amides is 1. The Morgan fingerprint density at radius 1 is 1.10 bits per heavy atom. The number of nitrogens with two attached hydrogens (primary N) is 1. The van der Waals surface area contributed by atoms with Crippen molar-refractivity contribution in [1.82, 2.24) is 14.5 Å². The number of piperazine rings is 1. The van der Waals surface area contributed by atoms with Gasteiger partial charge in [0, 0.05) is 25.2 Å². The number of fused-ring (bicyclic) bond motifs is 1. The van der Waals surface area contributed by atoms with Gasteiger partial charge in [-0.2, -0.15) is 17.5 Å². The summed E-state index contributed by atoms with van der Waals surface area (Å²) in [6, 6.07) is 7.12. The van der Waals surface area contributed by atoms with Gasteiger partial charge in [-0.15, -0.1) is 0 Å². The zero-order chi connectivity index (χ0) is 30.3. The average Bonchev–Trinajstić information content (AvgIpc) is 2.87. The van der Waals surface area contributed by atoms with E-state index >= 15 is 0 Å². The molecule has 1 aliphatic heterocycles. The maximum absolute atomic E-state index is 13.8. The number of nitrogens with one attached hydrogen (secondary N) is 1. The van der Waals surface area contributed by atoms with Crippen molar-refractivity contribution in [2.24, 2.45) is 5.73 Å². The summed E-state index contributed by atoms with van der Waals surface area (Å²) >= 11 is 0. The standard InChI is InChI=1S/C29H37F3N4O4S/c1-18-8-10-21(15-23(18)29(30,31)32)41(39,40)36-13-12-35(27(38)25(36)16-26(33)37)24-7-5-6-20-14-19(9-11-22(20)24)17-34-28(2,3)4/h8-11,14-15,24-25,34H,5-7,12-13,16-17H2,1-4H3,(H2,33,37)/t24-,25?/m1/s1. The minimum atomic E-state index is -4.76. The molecule has 41 heavy (non-hydrogen) atoms. The minimum absolute atomic E-state index is 0.0305. The Balaban J connectivity index is 1.64. The summed E-state index contributed by atoms with van der Waals surface area (Å²) in [6.45, 7) is 8.04. The molecule has 12 heteroatoms. The van der Waals surface area contributed by atoms with E-state index in [0.717, 1.165) is 46.0 Å². The summed E-state index contributed by atoms with van der Waals surface area (Å²) < 4.78 is 68.6. The summed E-state index contributed by atoms with van der Waals surface area (Å²) in [5, 5.41) is 3.46. The molecule has 2 atom stereocenters. The third kappa shape index (κ3) is 6.76. The van der Waals surface area contributed by atoms with E-state index in [1.165, 1.54) is 6.92 Å². The van der Waals surface area contributed by atoms with Crippen LogP contribution in [-0.2, 0) is 38.8 Å². The Kier molecular flexibility index (Phi) is 8.60. The normalized spacial score (nSPS) is 20.7. The third-order valence-electron chi connectivity index (χ3n) is 7.68. The number of carbonyl (C=O) groups is 2. The second-order valence-electron chi connectivity index (χ2n) is 11.9. The third-order valence-corrected chi connectivity index (χ3v) is 9.59. The Morgan fingerprint density at radius 2 is 1.80 bits per heavy atom. The van der Waals surface area contributed by atoms with Gasteiger partial charge in [0.2, 0.25) is 21.8 Å². The molecule has 1 aliphatic carbocycles. The van der Waals surface area contributed by atoms with Crippen molar-refractivity contribution in [2.45, 2.75) is 88.6 Å². The van der Waals surface area contributed by atoms with Crippen molar-refractivity contribution in [3.05, 3.63) is 64.2 Å². The molecule has 0 bridgehead atoms. The Labute approximate surface area is 239 Å². The van der Waals surface area contributed by atoms with E-state index in [2.05, 4.69) is 32.2 Å². The lowest BCUT2D eigenvalue weighted by Crippen LogP contribution is -2.60. The number of sulfonamides is 1. The first-order chi connectivity index (χ1) is 19.0. The monoisotopic (exact) mass is 594 g/mol. The highest BCUT2D eigenvalue weighted by Crippen LogP contribution is 2.39. The molecule has 2 aliphatic rings. The van der Waals surface area contributed by atoms with Gasteiger partial charge in [0.15, 0.2) is 0 Å². The highest BCUT2D eigenvalue weighted by atomic mass is 32.2. The van der Waals surface area contributed by atoms with E-state index in [1.807, 2.05) is 12.1 Å². The van der Waals surface area contributed by atoms with Crippen LogP contribution in [0.5, 0.6) is 0 Å². The molecule has 1 saturated heterocycles. The van der Waals surface area contributed by atoms with Crippen LogP contribution in [0.1, 0.15) is 73.9 Å². The van der Waals surface area contributed by atoms with Crippen LogP contribution >= 0.6 is 0 Å². The van der Waals surface area contributed by atoms with Crippen molar-refractivity contribution in [3.8, 4) is 0 Å². The minimum Gasteiger partial charge on any atom is -0.370 e. The first kappa shape index (κ1) is 31.0. The van der Waals surface area contributed by atoms with Crippen molar-refractivity contribution in [2.75, 3.05) is 13.1 Å². The van der Waals surface area contributed by atoms with Gasteiger partial charge in [0.25, 0.3) is 0 Å². The summed E-state index contributed by atoms with van der Waals surface area (Å²) in [6.07, 6.45) is -3.00. The number of benzene rings is 2. The number of aryl methyl sites for hydroxylation is 2. The molecule has 2 aromatic carbocycles. The highest BCUT2D eigenvalue weighted by molar-refractivity contribution is 7.89. The maximum atomic E-state index is 13.8. The number of hydrogen-bond donors (Lipinski definition) is 2. The van der Waals surface area contributed by atoms with Gasteiger partial charge in [0.05, 0.1) is 22.9 Å². The first-order valence-electron chi connectivity index (χ1n) is 13.6. The second-order valence-corrected chi connectivity index (χ2v) is 13.7. The van der Waals surface area contributed by atoms with Crippen LogP contribution in [0, 0.1) is 6.92 Å². The van der Waals surface area contributed by atoms with E-state index in [1.54, 1.807) is 4.90 Å². The smallest absolute Gasteiger partial charge is 0.370 e. The highest BCUT2D eigenvalue weighted by Gasteiger charge is 2.45. The molecule has 0 saturated carbocycles. The lowest BCUT2D eigenvalue weighted by molar-refractivity contribution is -0.144. The van der Waals surface area contributed by atoms with Gasteiger partial charge in [-0.1, -0.05) is 24.3 Å². The lowest BCUT2D eigenvalue weighted by Gasteiger charge is -2.44. The Morgan fingerprint density at radius 3 is 2.44 bits per heavy atom. The predicted molar refractivity (Wildman–Crippen MR) is 148 cm³/mol. The molecule has 4 rings (SSSR count). The summed E-state index contributed by atoms with van der Waals surface area (Å²) in [5.41, 5.74) is 7.38. The van der Waals surface area contributed by atoms with E-state index in [4.69, 9.17) is 5.73 Å². The predicted octanol–water partition coefficient (Wildman–Crippen LogP) is 4.06. The van der Waals surface area contributed by atoms with Crippen LogP contribution in [0.3, 0.4) is 0 Å². The van der Waals surface area contributed by atoms with Crippen LogP contribution in [0.4, 0.5) is 13.2 Å². The topological polar surface area (TPSA) is 113 Å². The zero-order valence-electron chi connectivity index (χ0n) is 23.7. The number of hydrogen-bond acceptors (Lipinski definition) is 5. The SMILES string of the molecule is Cc1ccc(S(=O)(=O)N2CCN([C@@H]3CCCc4cc(CNC(C)(C)C)ccc43)C(=O)C2CC(N)=O)cc1C(F)(F)F. The van der Waals surface area contributed by atoms with E-state index in [9.17, 15) is 31.2 Å². The lowest BCUT2D eigenvalue weighted by atomic mass is 9.85. The van der Waals surface area contributed by atoms with Crippen LogP contribution in [-0.4, -0.2) is 54.1 Å². The molecule has 2 amide bonds. The molecular formula is C29H37F3N4O4S. The molecule has 0 aromatic heterocycles. The van der Waals surface area contributed by atoms with Crippen molar-refractivity contribution < 1.29 is 31.2 Å². The van der Waals surface area contributed by atoms with Gasteiger partial charge in [0.1, 0.15) is 6.04 Å². The number of halogens is 3. The van der Waals surface area contributed by atoms with Gasteiger partial charge >= 0.3 is 6.18 Å².